The molecule has 26 heavy (non-hydrogen) atoms. The Balaban J connectivity index is 1.71. The van der Waals surface area contributed by atoms with Crippen LogP contribution < -0.4 is 5.32 Å². The maximum Gasteiger partial charge on any atom is 0.317 e. The SMILES string of the molecule is CCNC(=O)N(Cc1ccccc1)CC1OC2OC(C)(C)OC2C1OC. The van der Waals surface area contributed by atoms with Gasteiger partial charge in [-0.05, 0) is 26.3 Å². The van der Waals surface area contributed by atoms with Crippen molar-refractivity contribution in [2.45, 2.75) is 57.7 Å². The normalized spacial score (nSPS) is 29.4. The summed E-state index contributed by atoms with van der Waals surface area (Å²) in [5.74, 6) is -0.694. The van der Waals surface area contributed by atoms with Gasteiger partial charge in [0, 0.05) is 20.2 Å². The summed E-state index contributed by atoms with van der Waals surface area (Å²) in [5, 5.41) is 2.86. The van der Waals surface area contributed by atoms with E-state index >= 15 is 0 Å². The molecule has 144 valence electrons. The van der Waals surface area contributed by atoms with Crippen molar-refractivity contribution in [3.63, 3.8) is 0 Å². The number of ether oxygens (including phenoxy) is 4. The number of benzene rings is 1. The number of fused-ring (bicyclic) bond motifs is 1. The number of carbonyl (C=O) groups is 1. The molecule has 2 aliphatic heterocycles. The van der Waals surface area contributed by atoms with Crippen LogP contribution in [0.5, 0.6) is 0 Å². The highest BCUT2D eigenvalue weighted by molar-refractivity contribution is 5.74. The van der Waals surface area contributed by atoms with Crippen molar-refractivity contribution in [3.8, 4) is 0 Å². The van der Waals surface area contributed by atoms with Gasteiger partial charge in [0.25, 0.3) is 0 Å². The Hall–Kier alpha value is -1.67. The first-order valence-electron chi connectivity index (χ1n) is 9.04. The average molecular weight is 364 g/mol. The van der Waals surface area contributed by atoms with Crippen LogP contribution in [0.3, 0.4) is 0 Å². The summed E-state index contributed by atoms with van der Waals surface area (Å²) in [6, 6.07) is 9.75. The van der Waals surface area contributed by atoms with Gasteiger partial charge in [0.05, 0.1) is 6.54 Å². The number of hydrogen-bond acceptors (Lipinski definition) is 5. The zero-order valence-corrected chi connectivity index (χ0v) is 15.8. The topological polar surface area (TPSA) is 69.3 Å². The van der Waals surface area contributed by atoms with Crippen LogP contribution in [-0.2, 0) is 25.5 Å². The molecule has 3 rings (SSSR count). The molecule has 2 amide bonds. The number of amides is 2. The number of urea groups is 1. The van der Waals surface area contributed by atoms with Crippen molar-refractivity contribution in [3.05, 3.63) is 35.9 Å². The van der Waals surface area contributed by atoms with Crippen LogP contribution in [0, 0.1) is 0 Å². The van der Waals surface area contributed by atoms with E-state index < -0.39 is 12.1 Å². The number of nitrogens with one attached hydrogen (secondary N) is 1. The summed E-state index contributed by atoms with van der Waals surface area (Å²) < 4.78 is 23.4. The molecule has 0 spiro atoms. The van der Waals surface area contributed by atoms with E-state index in [0.717, 1.165) is 5.56 Å². The van der Waals surface area contributed by atoms with E-state index in [9.17, 15) is 4.79 Å². The van der Waals surface area contributed by atoms with Gasteiger partial charge >= 0.3 is 6.03 Å². The van der Waals surface area contributed by atoms with E-state index in [1.807, 2.05) is 51.1 Å². The van der Waals surface area contributed by atoms with Crippen molar-refractivity contribution in [1.82, 2.24) is 10.2 Å². The summed E-state index contributed by atoms with van der Waals surface area (Å²) in [4.78, 5) is 14.3. The van der Waals surface area contributed by atoms with Gasteiger partial charge in [0.1, 0.15) is 18.3 Å². The van der Waals surface area contributed by atoms with Crippen molar-refractivity contribution in [2.24, 2.45) is 0 Å². The molecule has 4 unspecified atom stereocenters. The zero-order chi connectivity index (χ0) is 18.7. The highest BCUT2D eigenvalue weighted by atomic mass is 16.8. The molecule has 4 atom stereocenters. The van der Waals surface area contributed by atoms with E-state index in [4.69, 9.17) is 18.9 Å². The van der Waals surface area contributed by atoms with E-state index in [1.165, 1.54) is 0 Å². The third-order valence-electron chi connectivity index (χ3n) is 4.59. The molecule has 0 saturated carbocycles. The second-order valence-electron chi connectivity index (χ2n) is 7.04. The van der Waals surface area contributed by atoms with Crippen molar-refractivity contribution in [2.75, 3.05) is 20.2 Å². The standard InChI is InChI=1S/C19H28N2O5/c1-5-20-18(22)21(11-13-9-7-6-8-10-13)12-14-15(23-4)16-17(24-14)26-19(2,3)25-16/h6-10,14-17H,5,11-12H2,1-4H3,(H,20,22). The molecule has 2 heterocycles. The number of methoxy groups -OCH3 is 1. The van der Waals surface area contributed by atoms with Gasteiger partial charge in [-0.1, -0.05) is 30.3 Å². The fourth-order valence-corrected chi connectivity index (χ4v) is 3.48. The Labute approximate surface area is 154 Å². The predicted octanol–water partition coefficient (Wildman–Crippen LogP) is 2.11. The average Bonchev–Trinajstić information content (AvgIpc) is 3.06. The van der Waals surface area contributed by atoms with Gasteiger partial charge in [-0.2, -0.15) is 0 Å². The van der Waals surface area contributed by atoms with E-state index in [1.54, 1.807) is 12.0 Å². The smallest absolute Gasteiger partial charge is 0.317 e. The molecule has 2 saturated heterocycles. The van der Waals surface area contributed by atoms with Gasteiger partial charge in [-0.25, -0.2) is 4.79 Å². The third-order valence-corrected chi connectivity index (χ3v) is 4.59. The molecule has 0 aromatic heterocycles. The fourth-order valence-electron chi connectivity index (χ4n) is 3.48. The number of rotatable bonds is 6. The predicted molar refractivity (Wildman–Crippen MR) is 95.4 cm³/mol. The first-order chi connectivity index (χ1) is 12.4. The monoisotopic (exact) mass is 364 g/mol. The van der Waals surface area contributed by atoms with Crippen LogP contribution in [0.15, 0.2) is 30.3 Å². The van der Waals surface area contributed by atoms with Crippen LogP contribution in [0.1, 0.15) is 26.3 Å². The molecule has 7 heteroatoms. The molecule has 0 radical (unpaired) electrons. The maximum absolute atomic E-state index is 12.5. The molecule has 7 nitrogen and oxygen atoms in total. The molecule has 0 bridgehead atoms. The highest BCUT2D eigenvalue weighted by Crippen LogP contribution is 2.38. The van der Waals surface area contributed by atoms with Crippen LogP contribution in [0.25, 0.3) is 0 Å². The van der Waals surface area contributed by atoms with Crippen LogP contribution in [0.4, 0.5) is 4.79 Å². The van der Waals surface area contributed by atoms with Gasteiger partial charge in [0.15, 0.2) is 12.1 Å². The molecule has 1 aromatic rings. The summed E-state index contributed by atoms with van der Waals surface area (Å²) in [7, 11) is 1.63. The van der Waals surface area contributed by atoms with E-state index in [-0.39, 0.29) is 24.3 Å². The van der Waals surface area contributed by atoms with Crippen LogP contribution >= 0.6 is 0 Å². The summed E-state index contributed by atoms with van der Waals surface area (Å²) in [6.45, 7) is 7.05. The van der Waals surface area contributed by atoms with Gasteiger partial charge in [-0.3, -0.25) is 0 Å². The Morgan fingerprint density at radius 2 is 2.00 bits per heavy atom. The van der Waals surface area contributed by atoms with Crippen LogP contribution in [-0.4, -0.2) is 61.5 Å². The minimum atomic E-state index is -0.694. The van der Waals surface area contributed by atoms with Gasteiger partial charge < -0.3 is 29.2 Å². The van der Waals surface area contributed by atoms with E-state index in [0.29, 0.717) is 19.6 Å². The van der Waals surface area contributed by atoms with Crippen molar-refractivity contribution >= 4 is 6.03 Å². The molecular formula is C19H28N2O5. The Kier molecular flexibility index (Phi) is 5.82. The van der Waals surface area contributed by atoms with Gasteiger partial charge in [0.2, 0.25) is 0 Å². The lowest BCUT2D eigenvalue weighted by atomic mass is 10.1. The quantitative estimate of drug-likeness (QED) is 0.837. The lowest BCUT2D eigenvalue weighted by molar-refractivity contribution is -0.217. The summed E-state index contributed by atoms with van der Waals surface area (Å²) >= 11 is 0. The third kappa shape index (κ3) is 4.17. The zero-order valence-electron chi connectivity index (χ0n) is 15.8. The van der Waals surface area contributed by atoms with Crippen molar-refractivity contribution < 1.29 is 23.7 Å². The van der Waals surface area contributed by atoms with Gasteiger partial charge in [-0.15, -0.1) is 0 Å². The highest BCUT2D eigenvalue weighted by Gasteiger charge is 2.55. The minimum absolute atomic E-state index is 0.131. The molecule has 2 aliphatic rings. The number of nitrogens with zero attached hydrogens (tertiary/aromatic N) is 1. The lowest BCUT2D eigenvalue weighted by Gasteiger charge is -2.30. The number of hydrogen-bond donors (Lipinski definition) is 1. The Bertz CT molecular complexity index is 609. The first-order valence-corrected chi connectivity index (χ1v) is 9.04. The van der Waals surface area contributed by atoms with Crippen LogP contribution in [0.2, 0.25) is 0 Å². The van der Waals surface area contributed by atoms with E-state index in [2.05, 4.69) is 5.32 Å². The molecule has 1 N–H and O–H groups in total. The molecular weight excluding hydrogens is 336 g/mol. The second kappa shape index (κ2) is 7.92. The Morgan fingerprint density at radius 3 is 2.65 bits per heavy atom. The molecule has 2 fully saturated rings. The first kappa shape index (κ1) is 19.1. The summed E-state index contributed by atoms with van der Waals surface area (Å²) in [5.41, 5.74) is 1.06. The Morgan fingerprint density at radius 1 is 1.27 bits per heavy atom. The lowest BCUT2D eigenvalue weighted by Crippen LogP contribution is -2.47. The summed E-state index contributed by atoms with van der Waals surface area (Å²) in [6.07, 6.45) is -1.40. The maximum atomic E-state index is 12.5. The van der Waals surface area contributed by atoms with Crippen molar-refractivity contribution in [1.29, 1.82) is 0 Å². The molecule has 0 aliphatic carbocycles. The fraction of sp³-hybridized carbons (Fsp3) is 0.632. The second-order valence-corrected chi connectivity index (χ2v) is 7.04. The molecule has 1 aromatic carbocycles. The largest absolute Gasteiger partial charge is 0.376 e. The minimum Gasteiger partial charge on any atom is -0.376 e. The number of carbonyl (C=O) groups excluding carboxylic acids is 1.